The average Bonchev–Trinajstić information content (AvgIpc) is 2.98. The Kier molecular flexibility index (Phi) is 2.73. The van der Waals surface area contributed by atoms with Crippen LogP contribution in [0.1, 0.15) is 29.6 Å². The zero-order valence-corrected chi connectivity index (χ0v) is 11.4. The predicted molar refractivity (Wildman–Crippen MR) is 77.7 cm³/mol. The molecule has 1 saturated heterocycles. The van der Waals surface area contributed by atoms with Crippen LogP contribution in [-0.2, 0) is 0 Å². The number of piperidine rings is 1. The molecule has 0 aliphatic carbocycles. The summed E-state index contributed by atoms with van der Waals surface area (Å²) in [7, 11) is 0. The SMILES string of the molecule is O=C1c2ccccc2N(N2CCCCC2)C2N=CCN12. The molecule has 1 unspecified atom stereocenters. The highest BCUT2D eigenvalue weighted by molar-refractivity contribution is 6.03. The van der Waals surface area contributed by atoms with Crippen molar-refractivity contribution in [1.29, 1.82) is 0 Å². The number of benzene rings is 1. The van der Waals surface area contributed by atoms with E-state index in [1.165, 1.54) is 19.3 Å². The van der Waals surface area contributed by atoms with Gasteiger partial charge in [0.2, 0.25) is 6.29 Å². The molecule has 3 heterocycles. The van der Waals surface area contributed by atoms with E-state index < -0.39 is 0 Å². The van der Waals surface area contributed by atoms with Gasteiger partial charge in [-0.05, 0) is 25.0 Å². The molecule has 20 heavy (non-hydrogen) atoms. The highest BCUT2D eigenvalue weighted by Crippen LogP contribution is 2.34. The fourth-order valence-electron chi connectivity index (χ4n) is 3.31. The quantitative estimate of drug-likeness (QED) is 0.780. The van der Waals surface area contributed by atoms with Crippen molar-refractivity contribution >= 4 is 17.8 Å². The van der Waals surface area contributed by atoms with E-state index in [0.29, 0.717) is 6.54 Å². The molecule has 4 rings (SSSR count). The van der Waals surface area contributed by atoms with Crippen molar-refractivity contribution in [1.82, 2.24) is 9.91 Å². The van der Waals surface area contributed by atoms with Crippen LogP contribution in [0.3, 0.4) is 0 Å². The van der Waals surface area contributed by atoms with Gasteiger partial charge in [0.1, 0.15) is 0 Å². The molecule has 1 aromatic rings. The van der Waals surface area contributed by atoms with Crippen LogP contribution >= 0.6 is 0 Å². The van der Waals surface area contributed by atoms with Crippen LogP contribution in [0.5, 0.6) is 0 Å². The molecule has 0 bridgehead atoms. The second-order valence-corrected chi connectivity index (χ2v) is 5.51. The van der Waals surface area contributed by atoms with Gasteiger partial charge in [0.05, 0.1) is 17.8 Å². The molecule has 5 heteroatoms. The van der Waals surface area contributed by atoms with Crippen molar-refractivity contribution in [2.24, 2.45) is 4.99 Å². The summed E-state index contributed by atoms with van der Waals surface area (Å²) in [6.45, 7) is 2.70. The van der Waals surface area contributed by atoms with Gasteiger partial charge in [-0.15, -0.1) is 0 Å². The van der Waals surface area contributed by atoms with E-state index in [0.717, 1.165) is 24.3 Å². The Balaban J connectivity index is 1.79. The molecule has 104 valence electrons. The second-order valence-electron chi connectivity index (χ2n) is 5.51. The minimum absolute atomic E-state index is 0.0939. The number of fused-ring (bicyclic) bond motifs is 2. The monoisotopic (exact) mass is 270 g/mol. The summed E-state index contributed by atoms with van der Waals surface area (Å²) < 4.78 is 0. The fourth-order valence-corrected chi connectivity index (χ4v) is 3.31. The number of carbonyl (C=O) groups excluding carboxylic acids is 1. The topological polar surface area (TPSA) is 39.2 Å². The molecule has 1 atom stereocenters. The average molecular weight is 270 g/mol. The standard InChI is InChI=1S/C15H18N4O/c20-14-12-6-2-3-7-13(12)19(15-16-8-11-18(14)15)17-9-4-1-5-10-17/h2-3,6-8,15H,1,4-5,9-11H2. The Labute approximate surface area is 118 Å². The molecule has 0 N–H and O–H groups in total. The lowest BCUT2D eigenvalue weighted by Crippen LogP contribution is -2.59. The normalized spacial score (nSPS) is 25.8. The van der Waals surface area contributed by atoms with Crippen LogP contribution in [0, 0.1) is 0 Å². The minimum Gasteiger partial charge on any atom is -0.293 e. The van der Waals surface area contributed by atoms with Crippen LogP contribution < -0.4 is 5.01 Å². The number of anilines is 1. The molecule has 3 aliphatic rings. The molecule has 1 aromatic carbocycles. The number of hydrogen-bond acceptors (Lipinski definition) is 4. The first-order chi connectivity index (χ1) is 9.86. The van der Waals surface area contributed by atoms with E-state index in [-0.39, 0.29) is 12.2 Å². The van der Waals surface area contributed by atoms with Crippen LogP contribution in [-0.4, -0.2) is 48.0 Å². The summed E-state index contributed by atoms with van der Waals surface area (Å²) >= 11 is 0. The van der Waals surface area contributed by atoms with Crippen molar-refractivity contribution in [3.05, 3.63) is 29.8 Å². The highest BCUT2D eigenvalue weighted by Gasteiger charge is 2.41. The van der Waals surface area contributed by atoms with Crippen LogP contribution in [0.4, 0.5) is 5.69 Å². The minimum atomic E-state index is -0.185. The Morgan fingerprint density at radius 2 is 1.90 bits per heavy atom. The summed E-state index contributed by atoms with van der Waals surface area (Å²) in [6.07, 6.45) is 5.38. The van der Waals surface area contributed by atoms with E-state index in [1.54, 1.807) is 0 Å². The Bertz CT molecular complexity index is 565. The van der Waals surface area contributed by atoms with E-state index >= 15 is 0 Å². The van der Waals surface area contributed by atoms with Gasteiger partial charge in [0.15, 0.2) is 0 Å². The molecule has 1 fully saturated rings. The molecule has 0 saturated carbocycles. The number of hydrazine groups is 1. The Morgan fingerprint density at radius 3 is 2.75 bits per heavy atom. The van der Waals surface area contributed by atoms with Gasteiger partial charge < -0.3 is 0 Å². The number of aliphatic imine (C=N–C) groups is 1. The zero-order chi connectivity index (χ0) is 13.5. The van der Waals surface area contributed by atoms with Gasteiger partial charge >= 0.3 is 0 Å². The Morgan fingerprint density at radius 1 is 1.10 bits per heavy atom. The van der Waals surface area contributed by atoms with Gasteiger partial charge in [-0.25, -0.2) is 10.0 Å². The van der Waals surface area contributed by atoms with Gasteiger partial charge in [-0.1, -0.05) is 18.6 Å². The predicted octanol–water partition coefficient (Wildman–Crippen LogP) is 1.72. The number of carbonyl (C=O) groups is 1. The molecule has 0 spiro atoms. The first-order valence-corrected chi connectivity index (χ1v) is 7.32. The molecule has 5 nitrogen and oxygen atoms in total. The lowest BCUT2D eigenvalue weighted by Gasteiger charge is -2.47. The van der Waals surface area contributed by atoms with Crippen molar-refractivity contribution in [3.63, 3.8) is 0 Å². The lowest BCUT2D eigenvalue weighted by molar-refractivity contribution is 0.0608. The van der Waals surface area contributed by atoms with Gasteiger partial charge in [-0.3, -0.25) is 14.7 Å². The fraction of sp³-hybridized carbons (Fsp3) is 0.467. The van der Waals surface area contributed by atoms with E-state index in [2.05, 4.69) is 15.0 Å². The number of para-hydroxylation sites is 1. The van der Waals surface area contributed by atoms with E-state index in [1.807, 2.05) is 35.4 Å². The maximum Gasteiger partial charge on any atom is 0.259 e. The smallest absolute Gasteiger partial charge is 0.259 e. The van der Waals surface area contributed by atoms with Crippen molar-refractivity contribution in [2.75, 3.05) is 24.6 Å². The highest BCUT2D eigenvalue weighted by atomic mass is 16.2. The number of hydrogen-bond donors (Lipinski definition) is 0. The van der Waals surface area contributed by atoms with Crippen LogP contribution in [0.15, 0.2) is 29.3 Å². The first kappa shape index (κ1) is 11.9. The molecular formula is C15H18N4O. The van der Waals surface area contributed by atoms with Gasteiger partial charge in [-0.2, -0.15) is 0 Å². The van der Waals surface area contributed by atoms with Crippen LogP contribution in [0.25, 0.3) is 0 Å². The maximum atomic E-state index is 12.5. The number of rotatable bonds is 1. The Hall–Kier alpha value is -1.88. The summed E-state index contributed by atoms with van der Waals surface area (Å²) in [5.41, 5.74) is 1.79. The third-order valence-corrected chi connectivity index (χ3v) is 4.29. The first-order valence-electron chi connectivity index (χ1n) is 7.32. The van der Waals surface area contributed by atoms with E-state index in [9.17, 15) is 4.79 Å². The van der Waals surface area contributed by atoms with Crippen molar-refractivity contribution in [2.45, 2.75) is 25.6 Å². The second kappa shape index (κ2) is 4.59. The molecule has 0 radical (unpaired) electrons. The summed E-state index contributed by atoms with van der Waals surface area (Å²) in [4.78, 5) is 18.9. The van der Waals surface area contributed by atoms with Crippen LogP contribution in [0.2, 0.25) is 0 Å². The lowest BCUT2D eigenvalue weighted by atomic mass is 10.1. The summed E-state index contributed by atoms with van der Waals surface area (Å²) in [5, 5.41) is 4.58. The molecule has 0 aromatic heterocycles. The molecule has 1 amide bonds. The van der Waals surface area contributed by atoms with Gasteiger partial charge in [0.25, 0.3) is 5.91 Å². The number of amides is 1. The largest absolute Gasteiger partial charge is 0.293 e. The van der Waals surface area contributed by atoms with Crippen molar-refractivity contribution in [3.8, 4) is 0 Å². The third-order valence-electron chi connectivity index (χ3n) is 4.29. The van der Waals surface area contributed by atoms with Gasteiger partial charge in [0, 0.05) is 19.3 Å². The number of nitrogens with zero attached hydrogens (tertiary/aromatic N) is 4. The molecule has 3 aliphatic heterocycles. The zero-order valence-electron chi connectivity index (χ0n) is 11.4. The molecular weight excluding hydrogens is 252 g/mol. The third kappa shape index (κ3) is 1.66. The summed E-state index contributed by atoms with van der Waals surface area (Å²) in [6, 6.07) is 7.88. The van der Waals surface area contributed by atoms with E-state index in [4.69, 9.17) is 0 Å². The maximum absolute atomic E-state index is 12.5. The van der Waals surface area contributed by atoms with Crippen molar-refractivity contribution < 1.29 is 4.79 Å². The summed E-state index contributed by atoms with van der Waals surface area (Å²) in [5.74, 6) is 0.0939.